The van der Waals surface area contributed by atoms with Crippen LogP contribution in [0.2, 0.25) is 0 Å². The Bertz CT molecular complexity index is 749. The molecule has 0 heterocycles. The number of amides is 1. The van der Waals surface area contributed by atoms with Crippen molar-refractivity contribution in [3.05, 3.63) is 59.7 Å². The van der Waals surface area contributed by atoms with E-state index in [0.29, 0.717) is 12.2 Å². The third-order valence-corrected chi connectivity index (χ3v) is 3.34. The Morgan fingerprint density at radius 2 is 1.83 bits per heavy atom. The molecule has 0 aromatic heterocycles. The summed E-state index contributed by atoms with van der Waals surface area (Å²) in [6.07, 6.45) is 0.359. The number of nitriles is 1. The fraction of sp³-hybridized carbons (Fsp3) is 0.167. The molecule has 0 unspecified atom stereocenters. The van der Waals surface area contributed by atoms with Crippen molar-refractivity contribution in [3.63, 3.8) is 0 Å². The third-order valence-electron chi connectivity index (χ3n) is 3.14. The van der Waals surface area contributed by atoms with E-state index in [1.54, 1.807) is 12.1 Å². The van der Waals surface area contributed by atoms with Crippen LogP contribution in [-0.2, 0) is 11.2 Å². The smallest absolute Gasteiger partial charge is 0.264 e. The minimum atomic E-state index is -0.339. The summed E-state index contributed by atoms with van der Waals surface area (Å²) in [6.45, 7) is 1.86. The van der Waals surface area contributed by atoms with E-state index in [1.807, 2.05) is 43.3 Å². The maximum atomic E-state index is 11.8. The second-order valence-corrected chi connectivity index (χ2v) is 5.54. The van der Waals surface area contributed by atoms with Gasteiger partial charge in [0.1, 0.15) is 5.75 Å². The summed E-state index contributed by atoms with van der Waals surface area (Å²) in [5.41, 5.74) is 2.78. The van der Waals surface area contributed by atoms with Gasteiger partial charge >= 0.3 is 0 Å². The first-order valence-electron chi connectivity index (χ1n) is 7.33. The lowest BCUT2D eigenvalue weighted by Crippen LogP contribution is -2.37. The summed E-state index contributed by atoms with van der Waals surface area (Å²) in [6, 6.07) is 16.8. The van der Waals surface area contributed by atoms with Crippen molar-refractivity contribution in [2.75, 3.05) is 11.9 Å². The molecule has 0 spiro atoms. The first kappa shape index (κ1) is 17.4. The van der Waals surface area contributed by atoms with Gasteiger partial charge in [0, 0.05) is 5.69 Å². The second-order valence-electron chi connectivity index (χ2n) is 5.14. The summed E-state index contributed by atoms with van der Waals surface area (Å²) in [7, 11) is 0. The maximum Gasteiger partial charge on any atom is 0.264 e. The van der Waals surface area contributed by atoms with Crippen LogP contribution in [0.25, 0.3) is 0 Å². The van der Waals surface area contributed by atoms with E-state index in [1.165, 1.54) is 0 Å². The summed E-state index contributed by atoms with van der Waals surface area (Å²) in [5, 5.41) is 14.3. The SMILES string of the molecule is Cc1ccc(OCC(=O)NC(=S)Nc2ccc(CC#N)cc2)cc1. The van der Waals surface area contributed by atoms with E-state index < -0.39 is 0 Å². The van der Waals surface area contributed by atoms with Crippen LogP contribution in [0, 0.1) is 18.3 Å². The molecule has 122 valence electrons. The van der Waals surface area contributed by atoms with Crippen molar-refractivity contribution >= 4 is 28.9 Å². The highest BCUT2D eigenvalue weighted by Gasteiger charge is 2.06. The topological polar surface area (TPSA) is 74.2 Å². The maximum absolute atomic E-state index is 11.8. The van der Waals surface area contributed by atoms with E-state index in [4.69, 9.17) is 22.2 Å². The fourth-order valence-corrected chi connectivity index (χ4v) is 2.14. The number of hydrogen-bond acceptors (Lipinski definition) is 4. The molecule has 2 N–H and O–H groups in total. The van der Waals surface area contributed by atoms with Crippen molar-refractivity contribution in [1.82, 2.24) is 5.32 Å². The van der Waals surface area contributed by atoms with Gasteiger partial charge in [-0.05, 0) is 49.0 Å². The molecule has 24 heavy (non-hydrogen) atoms. The number of aryl methyl sites for hydroxylation is 1. The van der Waals surface area contributed by atoms with Crippen LogP contribution in [0.4, 0.5) is 5.69 Å². The lowest BCUT2D eigenvalue weighted by Gasteiger charge is -2.10. The number of ether oxygens (including phenoxy) is 1. The first-order chi connectivity index (χ1) is 11.6. The van der Waals surface area contributed by atoms with E-state index >= 15 is 0 Å². The van der Waals surface area contributed by atoms with Gasteiger partial charge in [-0.3, -0.25) is 10.1 Å². The number of carbonyl (C=O) groups excluding carboxylic acids is 1. The third kappa shape index (κ3) is 5.71. The van der Waals surface area contributed by atoms with Crippen molar-refractivity contribution in [2.45, 2.75) is 13.3 Å². The Balaban J connectivity index is 1.77. The van der Waals surface area contributed by atoms with E-state index in [0.717, 1.165) is 16.8 Å². The largest absolute Gasteiger partial charge is 0.484 e. The summed E-state index contributed by atoms with van der Waals surface area (Å²) < 4.78 is 5.39. The van der Waals surface area contributed by atoms with Gasteiger partial charge < -0.3 is 10.1 Å². The molecule has 0 aliphatic rings. The number of anilines is 1. The van der Waals surface area contributed by atoms with Gasteiger partial charge in [0.15, 0.2) is 11.7 Å². The average Bonchev–Trinajstić information content (AvgIpc) is 2.56. The zero-order valence-corrected chi connectivity index (χ0v) is 14.0. The molecule has 0 saturated carbocycles. The van der Waals surface area contributed by atoms with Crippen LogP contribution in [0.15, 0.2) is 48.5 Å². The molecule has 0 fully saturated rings. The van der Waals surface area contributed by atoms with Crippen LogP contribution >= 0.6 is 12.2 Å². The van der Waals surface area contributed by atoms with Crippen LogP contribution in [0.3, 0.4) is 0 Å². The molecule has 0 aliphatic heterocycles. The first-order valence-corrected chi connectivity index (χ1v) is 7.74. The number of thiocarbonyl (C=S) groups is 1. The predicted octanol–water partition coefficient (Wildman–Crippen LogP) is 2.95. The molecule has 2 rings (SSSR count). The summed E-state index contributed by atoms with van der Waals surface area (Å²) in [5.74, 6) is 0.289. The molecule has 6 heteroatoms. The van der Waals surface area contributed by atoms with Gasteiger partial charge in [-0.2, -0.15) is 5.26 Å². The number of nitrogens with zero attached hydrogens (tertiary/aromatic N) is 1. The minimum absolute atomic E-state index is 0.119. The van der Waals surface area contributed by atoms with Gasteiger partial charge in [-0.15, -0.1) is 0 Å². The number of rotatable bonds is 5. The van der Waals surface area contributed by atoms with Crippen LogP contribution in [-0.4, -0.2) is 17.6 Å². The standard InChI is InChI=1S/C18H17N3O2S/c1-13-2-8-16(9-3-13)23-12-17(22)21-18(24)20-15-6-4-14(5-7-15)10-11-19/h2-9H,10,12H2,1H3,(H2,20,21,22,24). The number of nitrogens with one attached hydrogen (secondary N) is 2. The molecule has 0 bridgehead atoms. The molecule has 0 saturated heterocycles. The van der Waals surface area contributed by atoms with E-state index in [-0.39, 0.29) is 17.6 Å². The molecule has 0 radical (unpaired) electrons. The average molecular weight is 339 g/mol. The lowest BCUT2D eigenvalue weighted by atomic mass is 10.1. The van der Waals surface area contributed by atoms with Crippen LogP contribution in [0.5, 0.6) is 5.75 Å². The molecule has 0 atom stereocenters. The molecule has 0 aliphatic carbocycles. The monoisotopic (exact) mass is 339 g/mol. The number of carbonyl (C=O) groups is 1. The van der Waals surface area contributed by atoms with Gasteiger partial charge in [0.25, 0.3) is 5.91 Å². The van der Waals surface area contributed by atoms with Crippen LogP contribution < -0.4 is 15.4 Å². The molecule has 2 aromatic carbocycles. The van der Waals surface area contributed by atoms with Gasteiger partial charge in [-0.25, -0.2) is 0 Å². The highest BCUT2D eigenvalue weighted by atomic mass is 32.1. The van der Waals surface area contributed by atoms with Crippen molar-refractivity contribution < 1.29 is 9.53 Å². The van der Waals surface area contributed by atoms with Gasteiger partial charge in [0.05, 0.1) is 12.5 Å². The molecule has 1 amide bonds. The zero-order chi connectivity index (χ0) is 17.4. The van der Waals surface area contributed by atoms with Crippen molar-refractivity contribution in [1.29, 1.82) is 5.26 Å². The summed E-state index contributed by atoms with van der Waals surface area (Å²) in [4.78, 5) is 11.8. The Morgan fingerprint density at radius 1 is 1.17 bits per heavy atom. The van der Waals surface area contributed by atoms with Gasteiger partial charge in [-0.1, -0.05) is 29.8 Å². The predicted molar refractivity (Wildman–Crippen MR) is 96.8 cm³/mol. The quantitative estimate of drug-likeness (QED) is 0.819. The Kier molecular flexibility index (Phi) is 6.29. The molecular formula is C18H17N3O2S. The Hall–Kier alpha value is -2.91. The minimum Gasteiger partial charge on any atom is -0.484 e. The molecule has 2 aromatic rings. The normalized spacial score (nSPS) is 9.67. The van der Waals surface area contributed by atoms with Crippen molar-refractivity contribution in [3.8, 4) is 11.8 Å². The lowest BCUT2D eigenvalue weighted by molar-refractivity contribution is -0.121. The highest BCUT2D eigenvalue weighted by molar-refractivity contribution is 7.80. The van der Waals surface area contributed by atoms with Crippen molar-refractivity contribution in [2.24, 2.45) is 0 Å². The zero-order valence-electron chi connectivity index (χ0n) is 13.2. The Morgan fingerprint density at radius 3 is 2.46 bits per heavy atom. The second kappa shape index (κ2) is 8.65. The number of benzene rings is 2. The van der Waals surface area contributed by atoms with E-state index in [2.05, 4.69) is 16.7 Å². The highest BCUT2D eigenvalue weighted by Crippen LogP contribution is 2.11. The Labute approximate surface area is 146 Å². The van der Waals surface area contributed by atoms with Gasteiger partial charge in [0.2, 0.25) is 0 Å². The molecule has 5 nitrogen and oxygen atoms in total. The van der Waals surface area contributed by atoms with Crippen LogP contribution in [0.1, 0.15) is 11.1 Å². The van der Waals surface area contributed by atoms with E-state index in [9.17, 15) is 4.79 Å². The fourth-order valence-electron chi connectivity index (χ4n) is 1.91. The number of hydrogen-bond donors (Lipinski definition) is 2. The summed E-state index contributed by atoms with van der Waals surface area (Å²) >= 11 is 5.09. The molecular weight excluding hydrogens is 322 g/mol.